The number of allylic oxidation sites excluding steroid dienone is 1. The largest absolute Gasteiger partial charge is 0.422 e. The highest BCUT2D eigenvalue weighted by Crippen LogP contribution is 2.43. The van der Waals surface area contributed by atoms with Crippen LogP contribution in [0.2, 0.25) is 0 Å². The monoisotopic (exact) mass is 408 g/mol. The van der Waals surface area contributed by atoms with Gasteiger partial charge in [-0.3, -0.25) is 4.79 Å². The molecule has 29 heavy (non-hydrogen) atoms. The fraction of sp³-hybridized carbons (Fsp3) is 0.444. The van der Waals surface area contributed by atoms with Crippen molar-refractivity contribution >= 4 is 17.6 Å². The minimum absolute atomic E-state index is 0.211. The molecule has 2 aliphatic rings. The van der Waals surface area contributed by atoms with E-state index in [9.17, 15) is 23.1 Å². The first-order valence-corrected chi connectivity index (χ1v) is 8.85. The average molecular weight is 408 g/mol. The molecule has 0 bridgehead atoms. The number of carbonyl (C=O) groups is 1. The van der Waals surface area contributed by atoms with Crippen molar-refractivity contribution in [3.63, 3.8) is 0 Å². The van der Waals surface area contributed by atoms with E-state index in [0.717, 1.165) is 0 Å². The van der Waals surface area contributed by atoms with Gasteiger partial charge in [0.05, 0.1) is 12.0 Å². The van der Waals surface area contributed by atoms with E-state index in [1.54, 1.807) is 18.2 Å². The van der Waals surface area contributed by atoms with E-state index in [0.29, 0.717) is 31.7 Å². The summed E-state index contributed by atoms with van der Waals surface area (Å²) in [6.07, 6.45) is -5.63. The van der Waals surface area contributed by atoms with E-state index in [1.165, 1.54) is 0 Å². The number of aromatic nitrogens is 1. The SMILES string of the molecule is N#Cc1cccc(N2CCC(C(N)=C3C(N)=NC(=O)CC3(O)C(F)(F)F)CC2)n1. The summed E-state index contributed by atoms with van der Waals surface area (Å²) in [5.74, 6) is -1.76. The van der Waals surface area contributed by atoms with Gasteiger partial charge in [0.25, 0.3) is 5.91 Å². The number of nitrogens with two attached hydrogens (primary N) is 2. The molecule has 11 heteroatoms. The van der Waals surface area contributed by atoms with Crippen molar-refractivity contribution in [2.45, 2.75) is 31.0 Å². The molecule has 0 spiro atoms. The number of anilines is 1. The molecule has 0 aromatic carbocycles. The maximum atomic E-state index is 13.6. The summed E-state index contributed by atoms with van der Waals surface area (Å²) >= 11 is 0. The van der Waals surface area contributed by atoms with Gasteiger partial charge in [-0.1, -0.05) is 6.07 Å². The molecular formula is C18H19F3N6O2. The lowest BCUT2D eigenvalue weighted by Gasteiger charge is -2.38. The molecule has 1 amide bonds. The third-order valence-electron chi connectivity index (χ3n) is 5.19. The molecule has 3 heterocycles. The Kier molecular flexibility index (Phi) is 5.23. The lowest BCUT2D eigenvalue weighted by Crippen LogP contribution is -2.55. The highest BCUT2D eigenvalue weighted by atomic mass is 19.4. The number of rotatable bonds is 2. The Balaban J connectivity index is 1.87. The first kappa shape index (κ1) is 20.6. The van der Waals surface area contributed by atoms with E-state index in [-0.39, 0.29) is 11.4 Å². The third kappa shape index (κ3) is 3.75. The summed E-state index contributed by atoms with van der Waals surface area (Å²) in [5, 5.41) is 19.3. The molecule has 3 rings (SSSR count). The number of hydrogen-bond acceptors (Lipinski definition) is 7. The molecule has 0 saturated carbocycles. The lowest BCUT2D eigenvalue weighted by molar-refractivity contribution is -0.244. The zero-order valence-corrected chi connectivity index (χ0v) is 15.3. The van der Waals surface area contributed by atoms with Crippen LogP contribution in [0.5, 0.6) is 0 Å². The van der Waals surface area contributed by atoms with Gasteiger partial charge in [-0.2, -0.15) is 23.4 Å². The number of amides is 1. The van der Waals surface area contributed by atoms with Crippen LogP contribution in [0.1, 0.15) is 25.0 Å². The quantitative estimate of drug-likeness (QED) is 0.662. The second-order valence-corrected chi connectivity index (χ2v) is 7.01. The first-order valence-electron chi connectivity index (χ1n) is 8.85. The Morgan fingerprint density at radius 2 is 2.00 bits per heavy atom. The van der Waals surface area contributed by atoms with Crippen LogP contribution >= 0.6 is 0 Å². The van der Waals surface area contributed by atoms with Crippen molar-refractivity contribution in [3.05, 3.63) is 35.2 Å². The number of nitriles is 1. The van der Waals surface area contributed by atoms with Gasteiger partial charge in [-0.15, -0.1) is 0 Å². The van der Waals surface area contributed by atoms with Crippen LogP contribution in [-0.2, 0) is 4.79 Å². The number of hydrogen-bond donors (Lipinski definition) is 3. The summed E-state index contributed by atoms with van der Waals surface area (Å²) < 4.78 is 40.7. The van der Waals surface area contributed by atoms with Crippen molar-refractivity contribution in [2.24, 2.45) is 22.4 Å². The molecule has 1 aromatic heterocycles. The van der Waals surface area contributed by atoms with Crippen LogP contribution in [0.4, 0.5) is 19.0 Å². The maximum absolute atomic E-state index is 13.6. The molecule has 0 aliphatic carbocycles. The van der Waals surface area contributed by atoms with Crippen LogP contribution in [0.15, 0.2) is 34.5 Å². The van der Waals surface area contributed by atoms with Crippen LogP contribution < -0.4 is 16.4 Å². The molecule has 1 aromatic rings. The van der Waals surface area contributed by atoms with Crippen LogP contribution in [-0.4, -0.2) is 46.7 Å². The molecule has 1 saturated heterocycles. The number of carbonyl (C=O) groups excluding carboxylic acids is 1. The van der Waals surface area contributed by atoms with E-state index in [2.05, 4.69) is 9.98 Å². The highest BCUT2D eigenvalue weighted by Gasteiger charge is 2.60. The lowest BCUT2D eigenvalue weighted by atomic mass is 9.80. The first-order chi connectivity index (χ1) is 13.6. The molecule has 1 unspecified atom stereocenters. The molecule has 0 radical (unpaired) electrons. The van der Waals surface area contributed by atoms with Crippen molar-refractivity contribution in [3.8, 4) is 6.07 Å². The second-order valence-electron chi connectivity index (χ2n) is 7.01. The van der Waals surface area contributed by atoms with Crippen molar-refractivity contribution in [1.29, 1.82) is 5.26 Å². The minimum atomic E-state index is -5.13. The predicted molar refractivity (Wildman–Crippen MR) is 97.4 cm³/mol. The predicted octanol–water partition coefficient (Wildman–Crippen LogP) is 0.963. The van der Waals surface area contributed by atoms with Gasteiger partial charge in [0, 0.05) is 24.7 Å². The Morgan fingerprint density at radius 3 is 2.59 bits per heavy atom. The van der Waals surface area contributed by atoms with Crippen molar-refractivity contribution in [2.75, 3.05) is 18.0 Å². The van der Waals surface area contributed by atoms with E-state index in [1.807, 2.05) is 11.0 Å². The standard InChI is InChI=1S/C18H19F3N6O2/c19-18(20,21)17(29)8-13(28)26-16(24)14(17)15(23)10-4-6-27(7-5-10)12-3-1-2-11(9-22)25-12/h1-3,10,29H,4-8,23H2,(H2,24,26,28). The number of nitrogens with zero attached hydrogens (tertiary/aromatic N) is 4. The van der Waals surface area contributed by atoms with Gasteiger partial charge in [0.2, 0.25) is 0 Å². The topological polar surface area (TPSA) is 142 Å². The third-order valence-corrected chi connectivity index (χ3v) is 5.19. The van der Waals surface area contributed by atoms with Crippen LogP contribution in [0, 0.1) is 17.2 Å². The summed E-state index contributed by atoms with van der Waals surface area (Å²) in [6.45, 7) is 0.863. The average Bonchev–Trinajstić information content (AvgIpc) is 2.66. The maximum Gasteiger partial charge on any atom is 0.422 e. The number of amidine groups is 1. The Morgan fingerprint density at radius 1 is 1.34 bits per heavy atom. The number of alkyl halides is 3. The summed E-state index contributed by atoms with van der Waals surface area (Å²) in [6, 6.07) is 6.96. The summed E-state index contributed by atoms with van der Waals surface area (Å²) in [5.41, 5.74) is 7.47. The number of pyridine rings is 1. The number of halogens is 3. The molecule has 8 nitrogen and oxygen atoms in total. The molecule has 1 atom stereocenters. The van der Waals surface area contributed by atoms with Gasteiger partial charge < -0.3 is 21.5 Å². The second kappa shape index (κ2) is 7.36. The van der Waals surface area contributed by atoms with Gasteiger partial charge in [0.15, 0.2) is 5.60 Å². The van der Waals surface area contributed by atoms with E-state index >= 15 is 0 Å². The molecule has 5 N–H and O–H groups in total. The summed E-state index contributed by atoms with van der Waals surface area (Å²) in [4.78, 5) is 21.0. The van der Waals surface area contributed by atoms with Crippen molar-refractivity contribution < 1.29 is 23.1 Å². The van der Waals surface area contributed by atoms with Gasteiger partial charge in [-0.25, -0.2) is 4.98 Å². The Bertz CT molecular complexity index is 928. The zero-order chi connectivity index (χ0) is 21.4. The van der Waals surface area contributed by atoms with Gasteiger partial charge in [-0.05, 0) is 25.0 Å². The fourth-order valence-electron chi connectivity index (χ4n) is 3.66. The molecular weight excluding hydrogens is 389 g/mol. The van der Waals surface area contributed by atoms with Crippen LogP contribution in [0.3, 0.4) is 0 Å². The molecule has 1 fully saturated rings. The molecule has 2 aliphatic heterocycles. The Hall–Kier alpha value is -3.13. The summed E-state index contributed by atoms with van der Waals surface area (Å²) in [7, 11) is 0. The van der Waals surface area contributed by atoms with E-state index in [4.69, 9.17) is 16.7 Å². The number of aliphatic imine (C=N–C) groups is 1. The Labute approximate surface area is 164 Å². The molecule has 154 valence electrons. The number of aliphatic hydroxyl groups is 1. The minimum Gasteiger partial charge on any atom is -0.401 e. The van der Waals surface area contributed by atoms with Gasteiger partial charge in [0.1, 0.15) is 23.4 Å². The normalized spacial score (nSPS) is 25.4. The fourth-order valence-corrected chi connectivity index (χ4v) is 3.66. The highest BCUT2D eigenvalue weighted by molar-refractivity contribution is 6.09. The smallest absolute Gasteiger partial charge is 0.401 e. The number of piperidine rings is 1. The zero-order valence-electron chi connectivity index (χ0n) is 15.3. The van der Waals surface area contributed by atoms with Gasteiger partial charge >= 0.3 is 6.18 Å². The van der Waals surface area contributed by atoms with Crippen LogP contribution in [0.25, 0.3) is 0 Å². The van der Waals surface area contributed by atoms with E-state index < -0.39 is 41.4 Å². The van der Waals surface area contributed by atoms with Crippen molar-refractivity contribution in [1.82, 2.24) is 4.98 Å².